The first kappa shape index (κ1) is 14.3. The van der Waals surface area contributed by atoms with Crippen molar-refractivity contribution < 1.29 is 15.1 Å². The Bertz CT molecular complexity index is 1200. The Morgan fingerprint density at radius 2 is 1.60 bits per heavy atom. The van der Waals surface area contributed by atoms with Crippen molar-refractivity contribution in [2.45, 2.75) is 12.2 Å². The van der Waals surface area contributed by atoms with Gasteiger partial charge in [0.25, 0.3) is 5.69 Å². The number of nitro benzene ring substituents is 1. The Morgan fingerprint density at radius 1 is 0.920 bits per heavy atom. The Kier molecular flexibility index (Phi) is 2.72. The summed E-state index contributed by atoms with van der Waals surface area (Å²) in [5.74, 6) is 0. The van der Waals surface area contributed by atoms with E-state index in [0.29, 0.717) is 10.9 Å². The normalized spacial score (nSPS) is 19.8. The van der Waals surface area contributed by atoms with E-state index in [2.05, 4.69) is 0 Å². The number of fused-ring (bicyclic) bond motifs is 2. The molecule has 0 saturated carbocycles. The van der Waals surface area contributed by atoms with Crippen LogP contribution in [0.25, 0.3) is 38.4 Å². The molecule has 0 unspecified atom stereocenters. The van der Waals surface area contributed by atoms with E-state index in [4.69, 9.17) is 0 Å². The zero-order valence-corrected chi connectivity index (χ0v) is 13.0. The van der Waals surface area contributed by atoms with E-state index in [9.17, 15) is 20.3 Å². The third-order valence-corrected chi connectivity index (χ3v) is 5.13. The van der Waals surface area contributed by atoms with Gasteiger partial charge < -0.3 is 10.2 Å². The first-order valence-corrected chi connectivity index (χ1v) is 8.00. The largest absolute Gasteiger partial charge is 0.386 e. The highest BCUT2D eigenvalue weighted by atomic mass is 16.6. The van der Waals surface area contributed by atoms with E-state index in [0.717, 1.165) is 26.9 Å². The van der Waals surface area contributed by atoms with Gasteiger partial charge in [0, 0.05) is 5.39 Å². The second-order valence-corrected chi connectivity index (χ2v) is 6.41. The number of rotatable bonds is 1. The lowest BCUT2D eigenvalue weighted by atomic mass is 9.83. The summed E-state index contributed by atoms with van der Waals surface area (Å²) in [6.07, 6.45) is 0.681. The van der Waals surface area contributed by atoms with Gasteiger partial charge >= 0.3 is 0 Å². The first-order chi connectivity index (χ1) is 12.1. The van der Waals surface area contributed by atoms with E-state index in [1.54, 1.807) is 12.1 Å². The summed E-state index contributed by atoms with van der Waals surface area (Å²) in [4.78, 5) is 11.4. The highest BCUT2D eigenvalue weighted by molar-refractivity contribution is 6.26. The summed E-state index contributed by atoms with van der Waals surface area (Å²) >= 11 is 0. The Morgan fingerprint density at radius 3 is 2.28 bits per heavy atom. The van der Waals surface area contributed by atoms with Crippen LogP contribution in [0.3, 0.4) is 0 Å². The molecule has 0 bridgehead atoms. The van der Waals surface area contributed by atoms with Gasteiger partial charge in [-0.3, -0.25) is 10.1 Å². The number of hydrogen-bond donors (Lipinski definition) is 2. The zero-order valence-electron chi connectivity index (χ0n) is 13.0. The predicted octanol–water partition coefficient (Wildman–Crippen LogP) is 3.91. The van der Waals surface area contributed by atoms with E-state index in [1.807, 2.05) is 36.4 Å². The molecule has 0 aliphatic heterocycles. The molecule has 0 saturated heterocycles. The van der Waals surface area contributed by atoms with Crippen molar-refractivity contribution in [1.29, 1.82) is 0 Å². The monoisotopic (exact) mass is 331 g/mol. The van der Waals surface area contributed by atoms with Crippen molar-refractivity contribution >= 4 is 44.1 Å². The molecule has 2 N–H and O–H groups in total. The molecule has 25 heavy (non-hydrogen) atoms. The summed E-state index contributed by atoms with van der Waals surface area (Å²) in [6.45, 7) is 0. The quantitative estimate of drug-likeness (QED) is 0.315. The summed E-state index contributed by atoms with van der Waals surface area (Å²) in [5.41, 5.74) is 0.665. The minimum atomic E-state index is -1.32. The van der Waals surface area contributed by atoms with Crippen LogP contribution in [0.1, 0.15) is 17.2 Å². The van der Waals surface area contributed by atoms with Gasteiger partial charge in [0.2, 0.25) is 0 Å². The summed E-state index contributed by atoms with van der Waals surface area (Å²) in [7, 11) is 0. The molecule has 5 rings (SSSR count). The van der Waals surface area contributed by atoms with Crippen LogP contribution in [0.2, 0.25) is 0 Å². The molecule has 4 aromatic carbocycles. The molecule has 5 nitrogen and oxygen atoms in total. The third-order valence-electron chi connectivity index (χ3n) is 5.13. The molecule has 0 amide bonds. The van der Waals surface area contributed by atoms with Crippen molar-refractivity contribution in [1.82, 2.24) is 0 Å². The maximum absolute atomic E-state index is 11.9. The molecule has 0 spiro atoms. The van der Waals surface area contributed by atoms with Gasteiger partial charge in [-0.25, -0.2) is 0 Å². The van der Waals surface area contributed by atoms with Crippen LogP contribution in [0.5, 0.6) is 0 Å². The van der Waals surface area contributed by atoms with Crippen LogP contribution >= 0.6 is 0 Å². The topological polar surface area (TPSA) is 83.6 Å². The van der Waals surface area contributed by atoms with Crippen LogP contribution < -0.4 is 0 Å². The zero-order chi connectivity index (χ0) is 17.3. The fraction of sp³-hybridized carbons (Fsp3) is 0.100. The van der Waals surface area contributed by atoms with Crippen molar-refractivity contribution in [2.24, 2.45) is 0 Å². The maximum Gasteiger partial charge on any atom is 0.283 e. The molecular weight excluding hydrogens is 318 g/mol. The van der Waals surface area contributed by atoms with Gasteiger partial charge in [-0.15, -0.1) is 0 Å². The van der Waals surface area contributed by atoms with E-state index in [-0.39, 0.29) is 11.3 Å². The number of aliphatic hydroxyl groups excluding tert-OH is 2. The third kappa shape index (κ3) is 1.74. The minimum Gasteiger partial charge on any atom is -0.386 e. The number of nitrogens with zero attached hydrogens (tertiary/aromatic N) is 1. The van der Waals surface area contributed by atoms with E-state index >= 15 is 0 Å². The van der Waals surface area contributed by atoms with Gasteiger partial charge in [0.15, 0.2) is 0 Å². The molecule has 1 aliphatic rings. The molecule has 1 aliphatic carbocycles. The molecule has 0 aromatic heterocycles. The Hall–Kier alpha value is -3.02. The fourth-order valence-corrected chi connectivity index (χ4v) is 4.07. The number of hydrogen-bond acceptors (Lipinski definition) is 4. The van der Waals surface area contributed by atoms with Crippen molar-refractivity contribution in [2.75, 3.05) is 0 Å². The summed E-state index contributed by atoms with van der Waals surface area (Å²) in [5, 5.41) is 37.5. The average molecular weight is 331 g/mol. The molecule has 0 fully saturated rings. The number of nitro groups is 1. The Balaban J connectivity index is 2.12. The van der Waals surface area contributed by atoms with Gasteiger partial charge in [0.05, 0.1) is 15.9 Å². The first-order valence-electron chi connectivity index (χ1n) is 8.00. The Labute approximate surface area is 141 Å². The second-order valence-electron chi connectivity index (χ2n) is 6.41. The van der Waals surface area contributed by atoms with Crippen LogP contribution in [0.15, 0.2) is 48.5 Å². The molecule has 0 heterocycles. The van der Waals surface area contributed by atoms with Crippen LogP contribution in [-0.4, -0.2) is 21.2 Å². The molecular formula is C20H13NO4. The van der Waals surface area contributed by atoms with E-state index in [1.165, 1.54) is 6.08 Å². The lowest BCUT2D eigenvalue weighted by molar-refractivity contribution is -0.384. The number of aliphatic hydroxyl groups is 2. The fourth-order valence-electron chi connectivity index (χ4n) is 4.07. The lowest BCUT2D eigenvalue weighted by Gasteiger charge is -2.24. The highest BCUT2D eigenvalue weighted by Crippen LogP contribution is 2.47. The minimum absolute atomic E-state index is 0.128. The van der Waals surface area contributed by atoms with Crippen molar-refractivity contribution in [3.8, 4) is 0 Å². The smallest absolute Gasteiger partial charge is 0.283 e. The molecule has 0 radical (unpaired) electrons. The van der Waals surface area contributed by atoms with Crippen molar-refractivity contribution in [3.63, 3.8) is 0 Å². The average Bonchev–Trinajstić information content (AvgIpc) is 2.62. The molecule has 4 aromatic rings. The predicted molar refractivity (Wildman–Crippen MR) is 96.8 cm³/mol. The van der Waals surface area contributed by atoms with Gasteiger partial charge in [-0.05, 0) is 33.2 Å². The SMILES string of the molecule is O=[N+]([O-])c1c2c(c3ccc4cccc5ccc1c3c45)C=C[C@@H](O)[C@H]2O. The maximum atomic E-state index is 11.9. The van der Waals surface area contributed by atoms with Crippen molar-refractivity contribution in [3.05, 3.63) is 69.8 Å². The standard InChI is InChI=1S/C20H13NO4/c22-15-9-8-13-12-6-4-10-2-1-3-11-5-7-14(17(12)16(10)11)19(21(24)25)18(13)20(15)23/h1-9,15,20,22-23H/t15-,20-/m1/s1. The van der Waals surface area contributed by atoms with E-state index < -0.39 is 17.1 Å². The summed E-state index contributed by atoms with van der Waals surface area (Å²) in [6, 6.07) is 13.5. The lowest BCUT2D eigenvalue weighted by Crippen LogP contribution is -2.21. The van der Waals surface area contributed by atoms with Gasteiger partial charge in [0.1, 0.15) is 12.2 Å². The molecule has 122 valence electrons. The highest BCUT2D eigenvalue weighted by Gasteiger charge is 2.34. The van der Waals surface area contributed by atoms with Gasteiger partial charge in [-0.2, -0.15) is 0 Å². The van der Waals surface area contributed by atoms with Crippen LogP contribution in [-0.2, 0) is 0 Å². The molecule has 5 heteroatoms. The summed E-state index contributed by atoms with van der Waals surface area (Å²) < 4.78 is 0. The van der Waals surface area contributed by atoms with Crippen LogP contribution in [0, 0.1) is 10.1 Å². The number of benzene rings is 4. The second kappa shape index (κ2) is 4.75. The van der Waals surface area contributed by atoms with Crippen LogP contribution in [0.4, 0.5) is 5.69 Å². The molecule has 2 atom stereocenters. The van der Waals surface area contributed by atoms with Gasteiger partial charge in [-0.1, -0.05) is 48.6 Å².